The van der Waals surface area contributed by atoms with Crippen LogP contribution in [0.2, 0.25) is 0 Å². The van der Waals surface area contributed by atoms with Gasteiger partial charge in [0, 0.05) is 5.69 Å². The SMILES string of the molecule is Cc1cccc(OP(=O)(Nc2ccc(OC(C)C)cc2)Oc2cccc(C)c2C)c1C. The van der Waals surface area contributed by atoms with Crippen molar-refractivity contribution in [3.05, 3.63) is 82.9 Å². The molecule has 0 aliphatic heterocycles. The minimum absolute atomic E-state index is 0.0742. The number of anilines is 1. The van der Waals surface area contributed by atoms with Crippen molar-refractivity contribution in [2.45, 2.75) is 47.6 Å². The van der Waals surface area contributed by atoms with Crippen molar-refractivity contribution in [3.63, 3.8) is 0 Å². The lowest BCUT2D eigenvalue weighted by molar-refractivity contribution is 0.242. The third kappa shape index (κ3) is 5.83. The van der Waals surface area contributed by atoms with E-state index < -0.39 is 7.75 Å². The zero-order valence-corrected chi connectivity index (χ0v) is 19.8. The van der Waals surface area contributed by atoms with Crippen molar-refractivity contribution in [2.24, 2.45) is 0 Å². The van der Waals surface area contributed by atoms with E-state index in [2.05, 4.69) is 5.09 Å². The summed E-state index contributed by atoms with van der Waals surface area (Å²) in [7, 11) is -3.81. The Morgan fingerprint density at radius 2 is 1.23 bits per heavy atom. The molecule has 0 fully saturated rings. The molecule has 0 aromatic heterocycles. The first-order valence-electron chi connectivity index (χ1n) is 10.3. The maximum absolute atomic E-state index is 13.9. The molecule has 0 radical (unpaired) electrons. The van der Waals surface area contributed by atoms with E-state index in [1.54, 1.807) is 24.3 Å². The van der Waals surface area contributed by atoms with Crippen LogP contribution in [0.15, 0.2) is 60.7 Å². The van der Waals surface area contributed by atoms with E-state index >= 15 is 0 Å². The number of nitrogens with one attached hydrogen (secondary N) is 1. The monoisotopic (exact) mass is 439 g/mol. The van der Waals surface area contributed by atoms with E-state index in [0.717, 1.165) is 28.0 Å². The first-order chi connectivity index (χ1) is 14.7. The fourth-order valence-electron chi connectivity index (χ4n) is 3.01. The summed E-state index contributed by atoms with van der Waals surface area (Å²) in [5.74, 6) is 1.77. The summed E-state index contributed by atoms with van der Waals surface area (Å²) < 4.78 is 31.6. The molecule has 0 spiro atoms. The van der Waals surface area contributed by atoms with Crippen LogP contribution in [0.1, 0.15) is 36.1 Å². The Kier molecular flexibility index (Phi) is 6.97. The number of hydrogen-bond acceptors (Lipinski definition) is 4. The lowest BCUT2D eigenvalue weighted by Crippen LogP contribution is -2.11. The summed E-state index contributed by atoms with van der Waals surface area (Å²) in [5, 5.41) is 2.98. The van der Waals surface area contributed by atoms with Crippen molar-refractivity contribution in [3.8, 4) is 17.2 Å². The smallest absolute Gasteiger partial charge is 0.491 e. The Balaban J connectivity index is 1.94. The van der Waals surface area contributed by atoms with Crippen LogP contribution in [0.3, 0.4) is 0 Å². The molecule has 5 nitrogen and oxygen atoms in total. The molecule has 3 rings (SSSR count). The predicted molar refractivity (Wildman–Crippen MR) is 127 cm³/mol. The number of hydrogen-bond donors (Lipinski definition) is 1. The summed E-state index contributed by atoms with van der Waals surface area (Å²) in [4.78, 5) is 0. The third-order valence-electron chi connectivity index (χ3n) is 5.04. The number of rotatable bonds is 8. The second kappa shape index (κ2) is 9.49. The number of ether oxygens (including phenoxy) is 1. The molecule has 0 heterocycles. The van der Waals surface area contributed by atoms with Gasteiger partial charge in [0.25, 0.3) is 0 Å². The molecule has 31 heavy (non-hydrogen) atoms. The Bertz CT molecular complexity index is 1040. The van der Waals surface area contributed by atoms with E-state index in [1.807, 2.05) is 77.9 Å². The van der Waals surface area contributed by atoms with Crippen LogP contribution in [0.4, 0.5) is 5.69 Å². The minimum atomic E-state index is -3.81. The van der Waals surface area contributed by atoms with Gasteiger partial charge in [-0.05, 0) is 100 Å². The predicted octanol–water partition coefficient (Wildman–Crippen LogP) is 7.39. The molecule has 3 aromatic rings. The van der Waals surface area contributed by atoms with Crippen LogP contribution in [0.5, 0.6) is 17.2 Å². The van der Waals surface area contributed by atoms with Gasteiger partial charge < -0.3 is 13.8 Å². The molecule has 3 aromatic carbocycles. The zero-order chi connectivity index (χ0) is 22.6. The molecule has 164 valence electrons. The second-order valence-electron chi connectivity index (χ2n) is 7.88. The highest BCUT2D eigenvalue weighted by Crippen LogP contribution is 2.50. The van der Waals surface area contributed by atoms with Crippen LogP contribution in [-0.2, 0) is 4.57 Å². The molecule has 0 saturated carbocycles. The zero-order valence-electron chi connectivity index (χ0n) is 18.9. The standard InChI is InChI=1S/C25H30NO4P/c1-17(2)28-23-15-13-22(14-16-23)26-31(27,29-24-11-7-9-18(3)20(24)5)30-25-12-8-10-19(4)21(25)6/h7-17H,1-6H3,(H,26,27). The highest BCUT2D eigenvalue weighted by atomic mass is 31.2. The van der Waals surface area contributed by atoms with E-state index in [-0.39, 0.29) is 6.10 Å². The van der Waals surface area contributed by atoms with Gasteiger partial charge in [-0.25, -0.2) is 4.57 Å². The average Bonchev–Trinajstić information content (AvgIpc) is 2.70. The molecule has 0 saturated heterocycles. The van der Waals surface area contributed by atoms with E-state index in [9.17, 15) is 4.57 Å². The lowest BCUT2D eigenvalue weighted by Gasteiger charge is -2.23. The summed E-state index contributed by atoms with van der Waals surface area (Å²) in [6.07, 6.45) is 0.0742. The Labute approximate surface area is 185 Å². The fraction of sp³-hybridized carbons (Fsp3) is 0.280. The van der Waals surface area contributed by atoms with Gasteiger partial charge in [0.15, 0.2) is 0 Å². The van der Waals surface area contributed by atoms with Gasteiger partial charge in [0.1, 0.15) is 17.2 Å². The molecule has 0 aliphatic carbocycles. The van der Waals surface area contributed by atoms with Gasteiger partial charge in [-0.3, -0.25) is 5.09 Å². The Hall–Kier alpha value is -2.91. The van der Waals surface area contributed by atoms with Crippen molar-refractivity contribution in [2.75, 3.05) is 5.09 Å². The first kappa shape index (κ1) is 22.8. The molecule has 0 bridgehead atoms. The van der Waals surface area contributed by atoms with E-state index in [4.69, 9.17) is 13.8 Å². The highest BCUT2D eigenvalue weighted by Gasteiger charge is 2.30. The van der Waals surface area contributed by atoms with Crippen LogP contribution >= 0.6 is 7.75 Å². The van der Waals surface area contributed by atoms with Gasteiger partial charge >= 0.3 is 7.75 Å². The first-order valence-corrected chi connectivity index (χ1v) is 11.9. The number of benzene rings is 3. The fourth-order valence-corrected chi connectivity index (χ4v) is 4.52. The minimum Gasteiger partial charge on any atom is -0.491 e. The van der Waals surface area contributed by atoms with Crippen LogP contribution in [0.25, 0.3) is 0 Å². The van der Waals surface area contributed by atoms with Crippen LogP contribution in [0, 0.1) is 27.7 Å². The van der Waals surface area contributed by atoms with Crippen molar-refractivity contribution in [1.82, 2.24) is 0 Å². The van der Waals surface area contributed by atoms with Gasteiger partial charge in [0.2, 0.25) is 0 Å². The van der Waals surface area contributed by atoms with Gasteiger partial charge in [-0.2, -0.15) is 0 Å². The third-order valence-corrected chi connectivity index (χ3v) is 6.45. The summed E-state index contributed by atoms with van der Waals surface area (Å²) in [6.45, 7) is 11.8. The van der Waals surface area contributed by atoms with Gasteiger partial charge in [-0.1, -0.05) is 24.3 Å². The quantitative estimate of drug-likeness (QED) is 0.371. The number of aryl methyl sites for hydroxylation is 2. The maximum atomic E-state index is 13.9. The maximum Gasteiger partial charge on any atom is 0.541 e. The normalized spacial score (nSPS) is 11.3. The van der Waals surface area contributed by atoms with E-state index in [0.29, 0.717) is 17.2 Å². The lowest BCUT2D eigenvalue weighted by atomic mass is 10.1. The second-order valence-corrected chi connectivity index (χ2v) is 9.46. The molecular weight excluding hydrogens is 409 g/mol. The summed E-state index contributed by atoms with van der Waals surface area (Å²) in [5.41, 5.74) is 4.52. The molecule has 0 amide bonds. The van der Waals surface area contributed by atoms with E-state index in [1.165, 1.54) is 0 Å². The summed E-state index contributed by atoms with van der Waals surface area (Å²) in [6, 6.07) is 18.5. The Morgan fingerprint density at radius 1 is 0.742 bits per heavy atom. The van der Waals surface area contributed by atoms with Crippen LogP contribution in [-0.4, -0.2) is 6.10 Å². The largest absolute Gasteiger partial charge is 0.541 e. The molecular formula is C25H30NO4P. The summed E-state index contributed by atoms with van der Waals surface area (Å²) >= 11 is 0. The van der Waals surface area contributed by atoms with Crippen molar-refractivity contribution >= 4 is 13.4 Å². The molecule has 1 N–H and O–H groups in total. The molecule has 0 aliphatic rings. The van der Waals surface area contributed by atoms with Crippen molar-refractivity contribution < 1.29 is 18.3 Å². The Morgan fingerprint density at radius 3 is 1.68 bits per heavy atom. The van der Waals surface area contributed by atoms with Crippen molar-refractivity contribution in [1.29, 1.82) is 0 Å². The highest BCUT2D eigenvalue weighted by molar-refractivity contribution is 7.56. The van der Waals surface area contributed by atoms with Gasteiger partial charge in [-0.15, -0.1) is 0 Å². The average molecular weight is 439 g/mol. The van der Waals surface area contributed by atoms with Gasteiger partial charge in [0.05, 0.1) is 6.10 Å². The topological polar surface area (TPSA) is 56.8 Å². The molecule has 6 heteroatoms. The molecule has 0 unspecified atom stereocenters. The van der Waals surface area contributed by atoms with Crippen LogP contribution < -0.4 is 18.9 Å². The molecule has 0 atom stereocenters.